The highest BCUT2D eigenvalue weighted by atomic mass is 35.5. The monoisotopic (exact) mass is 459 g/mol. The molecule has 154 valence electrons. The summed E-state index contributed by atoms with van der Waals surface area (Å²) < 4.78 is 66.4. The van der Waals surface area contributed by atoms with Gasteiger partial charge in [-0.2, -0.15) is 13.2 Å². The second-order valence-electron chi connectivity index (χ2n) is 5.58. The smallest absolute Gasteiger partial charge is 0.277 e. The van der Waals surface area contributed by atoms with Gasteiger partial charge in [0.1, 0.15) is 0 Å². The lowest BCUT2D eigenvalue weighted by atomic mass is 10.00. The van der Waals surface area contributed by atoms with Gasteiger partial charge in [0.15, 0.2) is 5.69 Å². The molecule has 1 aliphatic rings. The molecule has 0 radical (unpaired) electrons. The van der Waals surface area contributed by atoms with Gasteiger partial charge in [-0.15, -0.1) is 11.6 Å². The lowest BCUT2D eigenvalue weighted by molar-refractivity contribution is -0.159. The summed E-state index contributed by atoms with van der Waals surface area (Å²) in [5.41, 5.74) is -0.687. The summed E-state index contributed by atoms with van der Waals surface area (Å²) in [6, 6.07) is 1.10. The molecule has 1 heterocycles. The van der Waals surface area contributed by atoms with Crippen LogP contribution in [-0.4, -0.2) is 50.1 Å². The van der Waals surface area contributed by atoms with E-state index in [0.29, 0.717) is 6.08 Å². The number of allylic oxidation sites excluding steroid dienone is 3. The third kappa shape index (κ3) is 4.96. The van der Waals surface area contributed by atoms with Gasteiger partial charge in [0.25, 0.3) is 15.9 Å². The van der Waals surface area contributed by atoms with Crippen molar-refractivity contribution >= 4 is 44.8 Å². The number of rotatable bonds is 5. The van der Waals surface area contributed by atoms with Crippen LogP contribution in [0.4, 0.5) is 18.9 Å². The Morgan fingerprint density at radius 1 is 1.39 bits per heavy atom. The first kappa shape index (κ1) is 22.5. The molecule has 1 aromatic heterocycles. The minimum atomic E-state index is -4.74. The van der Waals surface area contributed by atoms with Crippen LogP contribution < -0.4 is 4.72 Å². The van der Waals surface area contributed by atoms with Crippen LogP contribution in [0, 0.1) is 5.92 Å². The van der Waals surface area contributed by atoms with Crippen molar-refractivity contribution in [2.75, 3.05) is 18.9 Å². The molecule has 13 heteroatoms. The van der Waals surface area contributed by atoms with Gasteiger partial charge in [-0.25, -0.2) is 18.5 Å². The standard InChI is InChI=1S/C15H14Cl2F3N3O4S/c1-23(27-2)14(24)13-12(5-8(16)7-21-13)22-28(25,26)9-3-4-11(17)10(6-9)15(18,19)20/h3-7,10-11,22H,1-2H3. The molecular formula is C15H14Cl2F3N3O4S. The van der Waals surface area contributed by atoms with E-state index in [9.17, 15) is 26.4 Å². The predicted molar refractivity (Wildman–Crippen MR) is 97.3 cm³/mol. The molecular weight excluding hydrogens is 446 g/mol. The van der Waals surface area contributed by atoms with Crippen molar-refractivity contribution in [3.05, 3.63) is 46.1 Å². The fraction of sp³-hybridized carbons (Fsp3) is 0.333. The molecule has 2 rings (SSSR count). The molecule has 0 bridgehead atoms. The summed E-state index contributed by atoms with van der Waals surface area (Å²) in [7, 11) is -2.04. The number of amides is 1. The van der Waals surface area contributed by atoms with Crippen molar-refractivity contribution in [1.29, 1.82) is 0 Å². The zero-order chi connectivity index (χ0) is 21.3. The van der Waals surface area contributed by atoms with Crippen molar-refractivity contribution in [3.8, 4) is 0 Å². The van der Waals surface area contributed by atoms with Crippen LogP contribution in [0.25, 0.3) is 0 Å². The number of carbonyl (C=O) groups is 1. The zero-order valence-electron chi connectivity index (χ0n) is 14.4. The topological polar surface area (TPSA) is 88.6 Å². The number of pyridine rings is 1. The first-order chi connectivity index (χ1) is 12.9. The molecule has 1 N–H and O–H groups in total. The zero-order valence-corrected chi connectivity index (χ0v) is 16.7. The normalized spacial score (nSPS) is 19.9. The Kier molecular flexibility index (Phi) is 6.64. The number of hydrogen-bond donors (Lipinski definition) is 1. The van der Waals surface area contributed by atoms with Crippen LogP contribution in [0.5, 0.6) is 0 Å². The quantitative estimate of drug-likeness (QED) is 0.538. The molecule has 1 amide bonds. The first-order valence-electron chi connectivity index (χ1n) is 7.48. The summed E-state index contributed by atoms with van der Waals surface area (Å²) in [5.74, 6) is -3.00. The molecule has 0 aromatic carbocycles. The van der Waals surface area contributed by atoms with E-state index in [1.54, 1.807) is 0 Å². The number of anilines is 1. The highest BCUT2D eigenvalue weighted by Gasteiger charge is 2.44. The summed E-state index contributed by atoms with van der Waals surface area (Å²) >= 11 is 11.4. The van der Waals surface area contributed by atoms with Crippen LogP contribution in [0.2, 0.25) is 5.02 Å². The van der Waals surface area contributed by atoms with Crippen LogP contribution in [0.3, 0.4) is 0 Å². The summed E-state index contributed by atoms with van der Waals surface area (Å²) in [6.07, 6.45) is -1.26. The SMILES string of the molecule is CON(C)C(=O)c1ncc(Cl)cc1NS(=O)(=O)C1=CC(C(F)(F)F)C(Cl)C=C1. The third-order valence-corrected chi connectivity index (χ3v) is 5.69. The number of carbonyl (C=O) groups excluding carboxylic acids is 1. The molecule has 1 aromatic rings. The molecule has 28 heavy (non-hydrogen) atoms. The van der Waals surface area contributed by atoms with Crippen molar-refractivity contribution in [2.45, 2.75) is 11.6 Å². The minimum Gasteiger partial charge on any atom is -0.277 e. The Morgan fingerprint density at radius 2 is 2.04 bits per heavy atom. The molecule has 0 saturated carbocycles. The Labute approximate surface area is 168 Å². The number of hydroxylamine groups is 2. The fourth-order valence-corrected chi connectivity index (χ4v) is 3.80. The van der Waals surface area contributed by atoms with Gasteiger partial charge in [-0.3, -0.25) is 14.4 Å². The summed E-state index contributed by atoms with van der Waals surface area (Å²) in [5, 5.41) is -0.665. The fourth-order valence-electron chi connectivity index (χ4n) is 2.21. The van der Waals surface area contributed by atoms with Gasteiger partial charge in [0, 0.05) is 13.2 Å². The van der Waals surface area contributed by atoms with Crippen molar-refractivity contribution in [1.82, 2.24) is 10.0 Å². The number of alkyl halides is 4. The van der Waals surface area contributed by atoms with Gasteiger partial charge in [0.2, 0.25) is 0 Å². The van der Waals surface area contributed by atoms with Gasteiger partial charge in [-0.1, -0.05) is 23.8 Å². The molecule has 1 aliphatic carbocycles. The molecule has 7 nitrogen and oxygen atoms in total. The molecule has 2 unspecified atom stereocenters. The minimum absolute atomic E-state index is 0.00326. The number of hydrogen-bond acceptors (Lipinski definition) is 5. The number of aromatic nitrogens is 1. The Hall–Kier alpha value is -1.82. The third-order valence-electron chi connectivity index (χ3n) is 3.68. The molecule has 0 saturated heterocycles. The summed E-state index contributed by atoms with van der Waals surface area (Å²) in [4.78, 5) is 20.1. The molecule has 2 atom stereocenters. The number of nitrogens with zero attached hydrogens (tertiary/aromatic N) is 2. The summed E-state index contributed by atoms with van der Waals surface area (Å²) in [6.45, 7) is 0. The highest BCUT2D eigenvalue weighted by molar-refractivity contribution is 7.96. The van der Waals surface area contributed by atoms with Crippen molar-refractivity contribution in [3.63, 3.8) is 0 Å². The molecule has 0 spiro atoms. The van der Waals surface area contributed by atoms with E-state index in [-0.39, 0.29) is 16.4 Å². The second-order valence-corrected chi connectivity index (χ2v) is 8.20. The van der Waals surface area contributed by atoms with E-state index in [2.05, 4.69) is 4.98 Å². The van der Waals surface area contributed by atoms with Gasteiger partial charge in [-0.05, 0) is 12.1 Å². The number of nitrogens with one attached hydrogen (secondary N) is 1. The van der Waals surface area contributed by atoms with E-state index in [4.69, 9.17) is 28.0 Å². The maximum Gasteiger partial charge on any atom is 0.396 e. The van der Waals surface area contributed by atoms with E-state index >= 15 is 0 Å². The van der Waals surface area contributed by atoms with Crippen LogP contribution >= 0.6 is 23.2 Å². The van der Waals surface area contributed by atoms with Crippen LogP contribution in [0.15, 0.2) is 35.4 Å². The lowest BCUT2D eigenvalue weighted by Crippen LogP contribution is -2.32. The Balaban J connectivity index is 2.44. The largest absolute Gasteiger partial charge is 0.396 e. The lowest BCUT2D eigenvalue weighted by Gasteiger charge is -2.24. The Morgan fingerprint density at radius 3 is 2.61 bits per heavy atom. The van der Waals surface area contributed by atoms with E-state index in [0.717, 1.165) is 29.5 Å². The maximum absolute atomic E-state index is 13.1. The molecule has 0 aliphatic heterocycles. The highest BCUT2D eigenvalue weighted by Crippen LogP contribution is 2.37. The predicted octanol–water partition coefficient (Wildman–Crippen LogP) is 3.35. The Bertz CT molecular complexity index is 935. The van der Waals surface area contributed by atoms with Crippen molar-refractivity contribution < 1.29 is 31.2 Å². The van der Waals surface area contributed by atoms with Crippen LogP contribution in [0.1, 0.15) is 10.5 Å². The number of halogens is 5. The van der Waals surface area contributed by atoms with Crippen molar-refractivity contribution in [2.24, 2.45) is 5.92 Å². The average molecular weight is 460 g/mol. The first-order valence-corrected chi connectivity index (χ1v) is 9.78. The van der Waals surface area contributed by atoms with E-state index < -0.39 is 38.3 Å². The second kappa shape index (κ2) is 8.27. The van der Waals surface area contributed by atoms with Gasteiger partial charge >= 0.3 is 6.18 Å². The number of sulfonamides is 1. The van der Waals surface area contributed by atoms with Gasteiger partial charge in [0.05, 0.1) is 34.0 Å². The van der Waals surface area contributed by atoms with Gasteiger partial charge < -0.3 is 0 Å². The van der Waals surface area contributed by atoms with E-state index in [1.807, 2.05) is 4.72 Å². The van der Waals surface area contributed by atoms with Crippen LogP contribution in [-0.2, 0) is 14.9 Å². The maximum atomic E-state index is 13.1. The average Bonchev–Trinajstić information content (AvgIpc) is 2.59. The molecule has 0 fully saturated rings. The van der Waals surface area contributed by atoms with E-state index in [1.165, 1.54) is 14.2 Å².